The normalized spacial score (nSPS) is 23.3. The van der Waals surface area contributed by atoms with E-state index in [-0.39, 0.29) is 17.9 Å². The molecule has 122 valence electrons. The van der Waals surface area contributed by atoms with Crippen LogP contribution in [-0.4, -0.2) is 39.9 Å². The van der Waals surface area contributed by atoms with Crippen molar-refractivity contribution in [2.24, 2.45) is 0 Å². The number of hydrogen-bond donors (Lipinski definition) is 0. The molecule has 6 nitrogen and oxygen atoms in total. The van der Waals surface area contributed by atoms with Crippen LogP contribution in [0.2, 0.25) is 0 Å². The van der Waals surface area contributed by atoms with Crippen molar-refractivity contribution in [2.75, 3.05) is 7.11 Å². The van der Waals surface area contributed by atoms with Crippen LogP contribution in [0.5, 0.6) is 0 Å². The number of aryl methyl sites for hydroxylation is 1. The molecule has 2 aliphatic rings. The first-order valence-corrected chi connectivity index (χ1v) is 7.99. The molecule has 1 aromatic heterocycles. The van der Waals surface area contributed by atoms with Gasteiger partial charge in [-0.15, -0.1) is 0 Å². The van der Waals surface area contributed by atoms with Gasteiger partial charge in [-0.05, 0) is 19.8 Å². The fourth-order valence-corrected chi connectivity index (χ4v) is 3.60. The Morgan fingerprint density at radius 2 is 2.09 bits per heavy atom. The third-order valence-electron chi connectivity index (χ3n) is 4.69. The Morgan fingerprint density at radius 1 is 1.30 bits per heavy atom. The van der Waals surface area contributed by atoms with Gasteiger partial charge in [-0.1, -0.05) is 12.8 Å². The summed E-state index contributed by atoms with van der Waals surface area (Å²) in [6.07, 6.45) is 8.60. The van der Waals surface area contributed by atoms with E-state index in [0.717, 1.165) is 42.8 Å². The summed E-state index contributed by atoms with van der Waals surface area (Å²) in [7, 11) is 1.30. The van der Waals surface area contributed by atoms with Gasteiger partial charge in [0.1, 0.15) is 5.82 Å². The molecule has 0 bridgehead atoms. The lowest BCUT2D eigenvalue weighted by molar-refractivity contribution is -0.136. The second-order valence-corrected chi connectivity index (χ2v) is 6.11. The van der Waals surface area contributed by atoms with Gasteiger partial charge in [0.05, 0.1) is 12.8 Å². The van der Waals surface area contributed by atoms with Gasteiger partial charge in [-0.3, -0.25) is 4.79 Å². The number of amides is 1. The molecule has 1 aliphatic heterocycles. The molecule has 1 aliphatic carbocycles. The molecule has 1 fully saturated rings. The van der Waals surface area contributed by atoms with E-state index >= 15 is 0 Å². The number of carbonyl (C=O) groups excluding carboxylic acids is 2. The molecule has 1 aromatic rings. The highest BCUT2D eigenvalue weighted by Crippen LogP contribution is 2.41. The average Bonchev–Trinajstić information content (AvgIpc) is 2.58. The smallest absolute Gasteiger partial charge is 0.330 e. The molecular weight excluding hydrogens is 294 g/mol. The fraction of sp³-hybridized carbons (Fsp3) is 0.529. The highest BCUT2D eigenvalue weighted by Gasteiger charge is 2.39. The van der Waals surface area contributed by atoms with E-state index in [1.165, 1.54) is 19.3 Å². The van der Waals surface area contributed by atoms with Crippen LogP contribution in [0.25, 0.3) is 0 Å². The van der Waals surface area contributed by atoms with Gasteiger partial charge in [0, 0.05) is 42.4 Å². The number of hydrogen-bond acceptors (Lipinski definition) is 5. The van der Waals surface area contributed by atoms with Gasteiger partial charge in [0.15, 0.2) is 0 Å². The standard InChI is InChI=1S/C17H21N3O3/c1-11-18-9-12-10-20(15(21)7-8-16(22)23-2)14-6-4-3-5-13(14)17(12)19-11/h7-9,13-14H,3-6,10H2,1-2H3/b8-7+. The van der Waals surface area contributed by atoms with E-state index in [0.29, 0.717) is 6.54 Å². The van der Waals surface area contributed by atoms with Crippen LogP contribution < -0.4 is 0 Å². The Morgan fingerprint density at radius 3 is 2.87 bits per heavy atom. The molecule has 0 spiro atoms. The number of methoxy groups -OCH3 is 1. The zero-order valence-electron chi connectivity index (χ0n) is 13.5. The molecular formula is C17H21N3O3. The van der Waals surface area contributed by atoms with Gasteiger partial charge in [-0.25, -0.2) is 14.8 Å². The van der Waals surface area contributed by atoms with Crippen LogP contribution >= 0.6 is 0 Å². The summed E-state index contributed by atoms with van der Waals surface area (Å²) in [5.41, 5.74) is 2.11. The number of esters is 1. The number of aromatic nitrogens is 2. The zero-order chi connectivity index (χ0) is 16.4. The molecule has 0 saturated heterocycles. The quantitative estimate of drug-likeness (QED) is 0.615. The maximum Gasteiger partial charge on any atom is 0.330 e. The molecule has 6 heteroatoms. The van der Waals surface area contributed by atoms with Crippen molar-refractivity contribution < 1.29 is 14.3 Å². The van der Waals surface area contributed by atoms with Crippen molar-refractivity contribution in [3.8, 4) is 0 Å². The Hall–Kier alpha value is -2.24. The number of nitrogens with zero attached hydrogens (tertiary/aromatic N) is 3. The topological polar surface area (TPSA) is 72.4 Å². The number of rotatable bonds is 2. The lowest BCUT2D eigenvalue weighted by Crippen LogP contribution is -2.48. The van der Waals surface area contributed by atoms with Crippen molar-refractivity contribution in [2.45, 2.75) is 51.1 Å². The largest absolute Gasteiger partial charge is 0.466 e. The van der Waals surface area contributed by atoms with Gasteiger partial charge in [0.25, 0.3) is 0 Å². The molecule has 0 N–H and O–H groups in total. The SMILES string of the molecule is COC(=O)/C=C/C(=O)N1Cc2cnc(C)nc2C2CCCCC21. The van der Waals surface area contributed by atoms with Crippen molar-refractivity contribution in [1.29, 1.82) is 0 Å². The lowest BCUT2D eigenvalue weighted by Gasteiger charge is -2.44. The maximum atomic E-state index is 12.5. The number of carbonyl (C=O) groups is 2. The molecule has 2 heterocycles. The predicted octanol–water partition coefficient (Wildman–Crippen LogP) is 1.88. The number of fused-ring (bicyclic) bond motifs is 3. The Balaban J connectivity index is 1.90. The van der Waals surface area contributed by atoms with E-state index < -0.39 is 5.97 Å². The van der Waals surface area contributed by atoms with Crippen LogP contribution in [-0.2, 0) is 20.9 Å². The monoisotopic (exact) mass is 315 g/mol. The van der Waals surface area contributed by atoms with E-state index in [4.69, 9.17) is 0 Å². The second kappa shape index (κ2) is 6.48. The lowest BCUT2D eigenvalue weighted by atomic mass is 9.77. The third-order valence-corrected chi connectivity index (χ3v) is 4.69. The Labute approximate surface area is 135 Å². The minimum atomic E-state index is -0.519. The number of ether oxygens (including phenoxy) is 1. The van der Waals surface area contributed by atoms with E-state index in [1.54, 1.807) is 0 Å². The molecule has 1 amide bonds. The first kappa shape index (κ1) is 15.6. The summed E-state index contributed by atoms with van der Waals surface area (Å²) in [6, 6.07) is 0.153. The summed E-state index contributed by atoms with van der Waals surface area (Å²) < 4.78 is 4.55. The molecule has 2 unspecified atom stereocenters. The van der Waals surface area contributed by atoms with Crippen LogP contribution in [0.1, 0.15) is 48.7 Å². The van der Waals surface area contributed by atoms with E-state index in [9.17, 15) is 9.59 Å². The maximum absolute atomic E-state index is 12.5. The van der Waals surface area contributed by atoms with Crippen molar-refractivity contribution >= 4 is 11.9 Å². The van der Waals surface area contributed by atoms with Gasteiger partial charge < -0.3 is 9.64 Å². The highest BCUT2D eigenvalue weighted by molar-refractivity contribution is 5.94. The Bertz CT molecular complexity index is 656. The summed E-state index contributed by atoms with van der Waals surface area (Å²) in [4.78, 5) is 34.5. The third kappa shape index (κ3) is 3.11. The minimum Gasteiger partial charge on any atom is -0.466 e. The molecule has 23 heavy (non-hydrogen) atoms. The van der Waals surface area contributed by atoms with Crippen molar-refractivity contribution in [3.05, 3.63) is 35.4 Å². The predicted molar refractivity (Wildman–Crippen MR) is 83.5 cm³/mol. The zero-order valence-corrected chi connectivity index (χ0v) is 13.5. The summed E-state index contributed by atoms with van der Waals surface area (Å²) in [6.45, 7) is 2.40. The summed E-state index contributed by atoms with van der Waals surface area (Å²) >= 11 is 0. The van der Waals surface area contributed by atoms with E-state index in [1.807, 2.05) is 18.0 Å². The first-order chi connectivity index (χ1) is 11.1. The molecule has 3 rings (SSSR count). The van der Waals surface area contributed by atoms with Gasteiger partial charge in [-0.2, -0.15) is 0 Å². The molecule has 0 radical (unpaired) electrons. The highest BCUT2D eigenvalue weighted by atomic mass is 16.5. The fourth-order valence-electron chi connectivity index (χ4n) is 3.60. The second-order valence-electron chi connectivity index (χ2n) is 6.11. The molecule has 1 saturated carbocycles. The van der Waals surface area contributed by atoms with Crippen LogP contribution in [0.4, 0.5) is 0 Å². The molecule has 0 aromatic carbocycles. The Kier molecular flexibility index (Phi) is 4.41. The van der Waals surface area contributed by atoms with Crippen LogP contribution in [0, 0.1) is 6.92 Å². The average molecular weight is 315 g/mol. The summed E-state index contributed by atoms with van der Waals surface area (Å²) in [5, 5.41) is 0. The molecule has 2 atom stereocenters. The van der Waals surface area contributed by atoms with E-state index in [2.05, 4.69) is 14.7 Å². The minimum absolute atomic E-state index is 0.153. The summed E-state index contributed by atoms with van der Waals surface area (Å²) in [5.74, 6) is 0.372. The van der Waals surface area contributed by atoms with Crippen molar-refractivity contribution in [3.63, 3.8) is 0 Å². The van der Waals surface area contributed by atoms with Crippen LogP contribution in [0.3, 0.4) is 0 Å². The van der Waals surface area contributed by atoms with Crippen LogP contribution in [0.15, 0.2) is 18.3 Å². The first-order valence-electron chi connectivity index (χ1n) is 7.99. The van der Waals surface area contributed by atoms with Gasteiger partial charge in [0.2, 0.25) is 5.91 Å². The van der Waals surface area contributed by atoms with Crippen molar-refractivity contribution in [1.82, 2.24) is 14.9 Å². The van der Waals surface area contributed by atoms with Gasteiger partial charge >= 0.3 is 5.97 Å².